The van der Waals surface area contributed by atoms with Gasteiger partial charge in [0.05, 0.1) is 0 Å². The molecular formula is C5H13N5. The van der Waals surface area contributed by atoms with Gasteiger partial charge in [-0.1, -0.05) is 0 Å². The van der Waals surface area contributed by atoms with Gasteiger partial charge in [-0.2, -0.15) is 0 Å². The summed E-state index contributed by atoms with van der Waals surface area (Å²) in [7, 11) is 1.62. The fourth-order valence-electron chi connectivity index (χ4n) is 0.474. The van der Waals surface area contributed by atoms with Crippen LogP contribution in [0.1, 0.15) is 6.92 Å². The number of nitrogens with one attached hydrogen (secondary N) is 3. The van der Waals surface area contributed by atoms with E-state index < -0.39 is 0 Å². The van der Waals surface area contributed by atoms with E-state index in [4.69, 9.17) is 11.1 Å². The van der Waals surface area contributed by atoms with E-state index >= 15 is 0 Å². The molecule has 0 aromatic heterocycles. The molecule has 5 heteroatoms. The van der Waals surface area contributed by atoms with Crippen molar-refractivity contribution in [1.29, 1.82) is 5.41 Å². The number of aliphatic imine (C=N–C) groups is 1. The molecule has 0 unspecified atom stereocenters. The Morgan fingerprint density at radius 3 is 2.60 bits per heavy atom. The number of nitrogens with two attached hydrogens (primary N) is 1. The number of nitrogens with zero attached hydrogens (tertiary/aromatic N) is 1. The maximum Gasteiger partial charge on any atom is 0.197 e. The van der Waals surface area contributed by atoms with E-state index in [0.717, 1.165) is 6.54 Å². The normalized spacial score (nSPS) is 10.8. The lowest BCUT2D eigenvalue weighted by molar-refractivity contribution is 0.925. The molecule has 0 spiro atoms. The third kappa shape index (κ3) is 3.71. The first-order chi connectivity index (χ1) is 4.70. The lowest BCUT2D eigenvalue weighted by Crippen LogP contribution is -2.43. The zero-order valence-corrected chi connectivity index (χ0v) is 6.23. The summed E-state index contributed by atoms with van der Waals surface area (Å²) in [5.74, 6) is 0.413. The summed E-state index contributed by atoms with van der Waals surface area (Å²) in [6.45, 7) is 2.69. The number of rotatable bonds is 1. The van der Waals surface area contributed by atoms with Gasteiger partial charge < -0.3 is 11.1 Å². The second kappa shape index (κ2) is 4.60. The molecule has 0 aromatic carbocycles. The molecule has 0 amide bonds. The average Bonchev–Trinajstić information content (AvgIpc) is 1.86. The summed E-state index contributed by atoms with van der Waals surface area (Å²) < 4.78 is 0. The van der Waals surface area contributed by atoms with Crippen LogP contribution in [-0.2, 0) is 0 Å². The molecule has 58 valence electrons. The topological polar surface area (TPSA) is 86.3 Å². The van der Waals surface area contributed by atoms with Gasteiger partial charge in [-0.25, -0.2) is 0 Å². The summed E-state index contributed by atoms with van der Waals surface area (Å²) in [6.07, 6.45) is 0. The summed E-state index contributed by atoms with van der Waals surface area (Å²) >= 11 is 0. The van der Waals surface area contributed by atoms with E-state index in [2.05, 4.69) is 15.6 Å². The van der Waals surface area contributed by atoms with E-state index in [0.29, 0.717) is 5.96 Å². The van der Waals surface area contributed by atoms with Crippen molar-refractivity contribution < 1.29 is 0 Å². The Bertz CT molecular complexity index is 139. The van der Waals surface area contributed by atoms with Crippen LogP contribution in [0.15, 0.2) is 4.99 Å². The standard InChI is InChI=1S/C5H13N5/c1-3-9-5(8-2)10-4(6)7/h3H2,1-2H3,(H5,6,7,8,9,10). The fraction of sp³-hybridized carbons (Fsp3) is 0.600. The van der Waals surface area contributed by atoms with Crippen LogP contribution >= 0.6 is 0 Å². The van der Waals surface area contributed by atoms with Gasteiger partial charge in [-0.15, -0.1) is 0 Å². The van der Waals surface area contributed by atoms with E-state index in [1.807, 2.05) is 6.92 Å². The highest BCUT2D eigenvalue weighted by molar-refractivity contribution is 5.96. The smallest absolute Gasteiger partial charge is 0.197 e. The van der Waals surface area contributed by atoms with Crippen LogP contribution in [0.4, 0.5) is 0 Å². The molecule has 0 aromatic rings. The predicted molar refractivity (Wildman–Crippen MR) is 42.1 cm³/mol. The zero-order chi connectivity index (χ0) is 7.98. The van der Waals surface area contributed by atoms with Crippen molar-refractivity contribution in [3.05, 3.63) is 0 Å². The summed E-state index contributed by atoms with van der Waals surface area (Å²) in [6, 6.07) is 0. The van der Waals surface area contributed by atoms with Crippen LogP contribution in [0.2, 0.25) is 0 Å². The highest BCUT2D eigenvalue weighted by atomic mass is 15.2. The number of hydrogen-bond acceptors (Lipinski definition) is 2. The Kier molecular flexibility index (Phi) is 4.02. The first-order valence-corrected chi connectivity index (χ1v) is 3.02. The molecule has 0 aliphatic rings. The third-order valence-electron chi connectivity index (χ3n) is 0.821. The highest BCUT2D eigenvalue weighted by Crippen LogP contribution is 1.63. The number of guanidine groups is 2. The highest BCUT2D eigenvalue weighted by Gasteiger charge is 1.93. The molecule has 10 heavy (non-hydrogen) atoms. The molecule has 0 saturated carbocycles. The average molecular weight is 143 g/mol. The molecule has 0 heterocycles. The van der Waals surface area contributed by atoms with Gasteiger partial charge >= 0.3 is 0 Å². The van der Waals surface area contributed by atoms with Crippen LogP contribution in [0.25, 0.3) is 0 Å². The van der Waals surface area contributed by atoms with Crippen molar-refractivity contribution in [2.75, 3.05) is 13.6 Å². The Labute approximate surface area is 60.2 Å². The van der Waals surface area contributed by atoms with Crippen LogP contribution in [0.5, 0.6) is 0 Å². The molecule has 0 rings (SSSR count). The summed E-state index contributed by atoms with van der Waals surface area (Å²) in [5.41, 5.74) is 5.05. The van der Waals surface area contributed by atoms with Crippen LogP contribution < -0.4 is 16.4 Å². The van der Waals surface area contributed by atoms with Gasteiger partial charge in [0.2, 0.25) is 0 Å². The molecular weight excluding hydrogens is 130 g/mol. The first-order valence-electron chi connectivity index (χ1n) is 3.02. The van der Waals surface area contributed by atoms with Crippen molar-refractivity contribution in [2.24, 2.45) is 10.7 Å². The third-order valence-corrected chi connectivity index (χ3v) is 0.821. The summed E-state index contributed by atoms with van der Waals surface area (Å²) in [5, 5.41) is 12.3. The number of hydrogen-bond donors (Lipinski definition) is 4. The van der Waals surface area contributed by atoms with E-state index in [9.17, 15) is 0 Å². The molecule has 5 nitrogen and oxygen atoms in total. The molecule has 0 aliphatic heterocycles. The maximum atomic E-state index is 6.85. The lowest BCUT2D eigenvalue weighted by Gasteiger charge is -2.06. The van der Waals surface area contributed by atoms with Crippen molar-refractivity contribution in [1.82, 2.24) is 10.6 Å². The van der Waals surface area contributed by atoms with Crippen molar-refractivity contribution in [2.45, 2.75) is 6.92 Å². The van der Waals surface area contributed by atoms with Crippen LogP contribution in [0.3, 0.4) is 0 Å². The minimum Gasteiger partial charge on any atom is -0.370 e. The Hall–Kier alpha value is -1.26. The van der Waals surface area contributed by atoms with Crippen LogP contribution in [0, 0.1) is 5.41 Å². The van der Waals surface area contributed by atoms with Gasteiger partial charge in [-0.3, -0.25) is 15.7 Å². The Morgan fingerprint density at radius 1 is 1.70 bits per heavy atom. The van der Waals surface area contributed by atoms with E-state index in [1.165, 1.54) is 0 Å². The zero-order valence-electron chi connectivity index (χ0n) is 6.23. The van der Waals surface area contributed by atoms with Crippen LogP contribution in [-0.4, -0.2) is 25.5 Å². The van der Waals surface area contributed by atoms with Crippen molar-refractivity contribution in [3.63, 3.8) is 0 Å². The van der Waals surface area contributed by atoms with Gasteiger partial charge in [0.15, 0.2) is 11.9 Å². The van der Waals surface area contributed by atoms with Crippen molar-refractivity contribution in [3.8, 4) is 0 Å². The maximum absolute atomic E-state index is 6.85. The predicted octanol–water partition coefficient (Wildman–Crippen LogP) is -0.935. The largest absolute Gasteiger partial charge is 0.370 e. The van der Waals surface area contributed by atoms with Gasteiger partial charge in [0.25, 0.3) is 0 Å². The molecule has 0 saturated heterocycles. The fourth-order valence-corrected chi connectivity index (χ4v) is 0.474. The molecule has 0 fully saturated rings. The van der Waals surface area contributed by atoms with Crippen molar-refractivity contribution >= 4 is 11.9 Å². The second-order valence-electron chi connectivity index (χ2n) is 1.64. The quantitative estimate of drug-likeness (QED) is 0.282. The van der Waals surface area contributed by atoms with Gasteiger partial charge in [0.1, 0.15) is 0 Å². The second-order valence-corrected chi connectivity index (χ2v) is 1.64. The van der Waals surface area contributed by atoms with Gasteiger partial charge in [-0.05, 0) is 6.92 Å². The molecule has 0 radical (unpaired) electrons. The summed E-state index contributed by atoms with van der Waals surface area (Å²) in [4.78, 5) is 3.79. The molecule has 0 bridgehead atoms. The van der Waals surface area contributed by atoms with Gasteiger partial charge in [0, 0.05) is 13.6 Å². The Balaban J connectivity index is 3.73. The Morgan fingerprint density at radius 2 is 2.30 bits per heavy atom. The minimum absolute atomic E-state index is 0.110. The minimum atomic E-state index is -0.110. The molecule has 5 N–H and O–H groups in total. The van der Waals surface area contributed by atoms with E-state index in [-0.39, 0.29) is 5.96 Å². The molecule has 0 atom stereocenters. The monoisotopic (exact) mass is 143 g/mol. The molecule has 0 aliphatic carbocycles. The lowest BCUT2D eigenvalue weighted by atomic mass is 10.7. The first kappa shape index (κ1) is 8.74. The van der Waals surface area contributed by atoms with E-state index in [1.54, 1.807) is 7.05 Å². The SMILES string of the molecule is CCN/C(=N\C)NC(=N)N.